The highest BCUT2D eigenvalue weighted by molar-refractivity contribution is 5.84. The molecule has 82 valence electrons. The largest absolute Gasteiger partial charge is 0.478 e. The van der Waals surface area contributed by atoms with Crippen LogP contribution in [-0.4, -0.2) is 35.5 Å². The van der Waals surface area contributed by atoms with Crippen molar-refractivity contribution in [3.63, 3.8) is 0 Å². The maximum atomic E-state index is 9.60. The highest BCUT2D eigenvalue weighted by Gasteiger charge is 2.13. The average Bonchev–Trinajstić information content (AvgIpc) is 2.89. The SMILES string of the molecule is C=C(C)C(=O)O.C=CCO.CC1CO1. The highest BCUT2D eigenvalue weighted by atomic mass is 16.6. The van der Waals surface area contributed by atoms with Crippen LogP contribution in [0.25, 0.3) is 0 Å². The number of carboxylic acids is 1. The highest BCUT2D eigenvalue weighted by Crippen LogP contribution is 2.04. The molecule has 0 amide bonds. The summed E-state index contributed by atoms with van der Waals surface area (Å²) in [6, 6.07) is 0. The van der Waals surface area contributed by atoms with Gasteiger partial charge in [0, 0.05) is 5.57 Å². The normalized spacial score (nSPS) is 16.4. The molecule has 0 spiro atoms. The molecule has 14 heavy (non-hydrogen) atoms. The third kappa shape index (κ3) is 22.4. The quantitative estimate of drug-likeness (QED) is 0.401. The van der Waals surface area contributed by atoms with Crippen LogP contribution in [0.4, 0.5) is 0 Å². The molecular weight excluding hydrogens is 184 g/mol. The van der Waals surface area contributed by atoms with E-state index < -0.39 is 5.97 Å². The van der Waals surface area contributed by atoms with Crippen molar-refractivity contribution in [1.82, 2.24) is 0 Å². The minimum Gasteiger partial charge on any atom is -0.478 e. The number of ether oxygens (including phenoxy) is 1. The van der Waals surface area contributed by atoms with E-state index in [1.54, 1.807) is 0 Å². The molecule has 4 nitrogen and oxygen atoms in total. The first-order chi connectivity index (χ1) is 6.45. The second kappa shape index (κ2) is 9.95. The lowest BCUT2D eigenvalue weighted by Crippen LogP contribution is -1.92. The van der Waals surface area contributed by atoms with Gasteiger partial charge < -0.3 is 14.9 Å². The first-order valence-electron chi connectivity index (χ1n) is 4.17. The van der Waals surface area contributed by atoms with E-state index in [-0.39, 0.29) is 12.2 Å². The van der Waals surface area contributed by atoms with E-state index in [9.17, 15) is 4.79 Å². The summed E-state index contributed by atoms with van der Waals surface area (Å²) in [6.07, 6.45) is 2.01. The van der Waals surface area contributed by atoms with Gasteiger partial charge in [0.1, 0.15) is 0 Å². The van der Waals surface area contributed by atoms with Gasteiger partial charge >= 0.3 is 5.97 Å². The zero-order chi connectivity index (χ0) is 11.6. The van der Waals surface area contributed by atoms with Gasteiger partial charge in [-0.3, -0.25) is 0 Å². The Labute approximate surface area is 84.5 Å². The summed E-state index contributed by atoms with van der Waals surface area (Å²) in [6.45, 7) is 11.0. The molecule has 0 aromatic heterocycles. The predicted octanol–water partition coefficient (Wildman–Crippen LogP) is 1.22. The van der Waals surface area contributed by atoms with Crippen LogP contribution in [0.2, 0.25) is 0 Å². The zero-order valence-corrected chi connectivity index (χ0v) is 8.69. The van der Waals surface area contributed by atoms with Gasteiger partial charge in [0.05, 0.1) is 19.3 Å². The number of rotatable bonds is 2. The van der Waals surface area contributed by atoms with E-state index in [1.807, 2.05) is 0 Å². The fraction of sp³-hybridized carbons (Fsp3) is 0.500. The Kier molecular flexibility index (Phi) is 10.9. The molecule has 0 saturated carbocycles. The number of aliphatic hydroxyl groups is 1. The van der Waals surface area contributed by atoms with Gasteiger partial charge in [-0.25, -0.2) is 4.79 Å². The first kappa shape index (κ1) is 15.3. The lowest BCUT2D eigenvalue weighted by Gasteiger charge is -1.79. The molecule has 0 aromatic rings. The van der Waals surface area contributed by atoms with Gasteiger partial charge in [0.15, 0.2) is 0 Å². The maximum absolute atomic E-state index is 9.60. The third-order valence-corrected chi connectivity index (χ3v) is 0.994. The third-order valence-electron chi connectivity index (χ3n) is 0.994. The maximum Gasteiger partial charge on any atom is 0.330 e. The minimum atomic E-state index is -0.935. The minimum absolute atomic E-state index is 0.0833. The van der Waals surface area contributed by atoms with Gasteiger partial charge in [0.25, 0.3) is 0 Å². The predicted molar refractivity (Wildman–Crippen MR) is 55.1 cm³/mol. The van der Waals surface area contributed by atoms with E-state index in [0.29, 0.717) is 6.10 Å². The number of aliphatic carboxylic acids is 1. The number of aliphatic hydroxyl groups excluding tert-OH is 1. The van der Waals surface area contributed by atoms with Crippen molar-refractivity contribution in [2.75, 3.05) is 13.2 Å². The number of carboxylic acid groups (broad SMARTS) is 1. The smallest absolute Gasteiger partial charge is 0.330 e. The monoisotopic (exact) mass is 202 g/mol. The first-order valence-corrected chi connectivity index (χ1v) is 4.17. The second-order valence-corrected chi connectivity index (χ2v) is 2.70. The summed E-state index contributed by atoms with van der Waals surface area (Å²) in [5.74, 6) is -0.935. The molecule has 1 atom stereocenters. The molecule has 0 aromatic carbocycles. The van der Waals surface area contributed by atoms with Gasteiger partial charge in [-0.05, 0) is 13.8 Å². The molecule has 2 N–H and O–H groups in total. The molecule has 1 unspecified atom stereocenters. The Morgan fingerprint density at radius 1 is 1.71 bits per heavy atom. The fourth-order valence-electron chi connectivity index (χ4n) is 0.0962. The van der Waals surface area contributed by atoms with Crippen LogP contribution in [-0.2, 0) is 9.53 Å². The van der Waals surface area contributed by atoms with E-state index in [0.717, 1.165) is 6.61 Å². The van der Waals surface area contributed by atoms with Crippen molar-refractivity contribution >= 4 is 5.97 Å². The molecule has 1 aliphatic heterocycles. The van der Waals surface area contributed by atoms with E-state index in [4.69, 9.17) is 14.9 Å². The summed E-state index contributed by atoms with van der Waals surface area (Å²) >= 11 is 0. The zero-order valence-electron chi connectivity index (χ0n) is 8.69. The lowest BCUT2D eigenvalue weighted by atomic mass is 10.4. The summed E-state index contributed by atoms with van der Waals surface area (Å²) in [7, 11) is 0. The van der Waals surface area contributed by atoms with Gasteiger partial charge in [-0.1, -0.05) is 12.7 Å². The molecule has 0 bridgehead atoms. The Morgan fingerprint density at radius 2 is 1.93 bits per heavy atom. The van der Waals surface area contributed by atoms with E-state index in [1.165, 1.54) is 13.0 Å². The number of epoxide rings is 1. The molecule has 4 heteroatoms. The molecular formula is C10H18O4. The Balaban J connectivity index is 0. The summed E-state index contributed by atoms with van der Waals surface area (Å²) in [5, 5.41) is 15.6. The van der Waals surface area contributed by atoms with Crippen LogP contribution >= 0.6 is 0 Å². The van der Waals surface area contributed by atoms with E-state index >= 15 is 0 Å². The van der Waals surface area contributed by atoms with Crippen LogP contribution in [0, 0.1) is 0 Å². The molecule has 0 aliphatic carbocycles. The van der Waals surface area contributed by atoms with Crippen molar-refractivity contribution in [3.8, 4) is 0 Å². The molecule has 1 aliphatic rings. The van der Waals surface area contributed by atoms with Gasteiger partial charge in [-0.15, -0.1) is 6.58 Å². The number of hydrogen-bond acceptors (Lipinski definition) is 3. The van der Waals surface area contributed by atoms with Crippen LogP contribution < -0.4 is 0 Å². The second-order valence-electron chi connectivity index (χ2n) is 2.70. The molecule has 1 saturated heterocycles. The van der Waals surface area contributed by atoms with E-state index in [2.05, 4.69) is 20.1 Å². The topological polar surface area (TPSA) is 70.1 Å². The van der Waals surface area contributed by atoms with Crippen molar-refractivity contribution in [3.05, 3.63) is 24.8 Å². The van der Waals surface area contributed by atoms with Crippen LogP contribution in [0.3, 0.4) is 0 Å². The number of carbonyl (C=O) groups is 1. The Morgan fingerprint density at radius 3 is 1.93 bits per heavy atom. The van der Waals surface area contributed by atoms with Gasteiger partial charge in [-0.2, -0.15) is 0 Å². The standard InChI is InChI=1S/C4H6O2.2C3H6O/c1-3(2)4(5)6;1-3-2-4-3;1-2-3-4/h1H2,2H3,(H,5,6);3H,2H2,1H3;2,4H,1,3H2. The van der Waals surface area contributed by atoms with Crippen molar-refractivity contribution in [2.45, 2.75) is 20.0 Å². The molecule has 0 radical (unpaired) electrons. The average molecular weight is 202 g/mol. The summed E-state index contributed by atoms with van der Waals surface area (Å²) < 4.78 is 4.71. The lowest BCUT2D eigenvalue weighted by molar-refractivity contribution is -0.132. The number of hydrogen-bond donors (Lipinski definition) is 2. The Hall–Kier alpha value is -1.13. The molecule has 1 heterocycles. The molecule has 1 rings (SSSR count). The molecule has 1 fully saturated rings. The van der Waals surface area contributed by atoms with Crippen LogP contribution in [0.5, 0.6) is 0 Å². The van der Waals surface area contributed by atoms with Crippen molar-refractivity contribution in [1.29, 1.82) is 0 Å². The van der Waals surface area contributed by atoms with Crippen LogP contribution in [0.1, 0.15) is 13.8 Å². The van der Waals surface area contributed by atoms with Crippen molar-refractivity contribution < 1.29 is 19.7 Å². The van der Waals surface area contributed by atoms with Gasteiger partial charge in [0.2, 0.25) is 0 Å². The van der Waals surface area contributed by atoms with Crippen molar-refractivity contribution in [2.24, 2.45) is 0 Å². The van der Waals surface area contributed by atoms with Crippen LogP contribution in [0.15, 0.2) is 24.8 Å². The Bertz CT molecular complexity index is 171. The summed E-state index contributed by atoms with van der Waals surface area (Å²) in [5.41, 5.74) is 0.176. The summed E-state index contributed by atoms with van der Waals surface area (Å²) in [4.78, 5) is 9.60. The fourth-order valence-corrected chi connectivity index (χ4v) is 0.0962.